The Balaban J connectivity index is 1.43. The van der Waals surface area contributed by atoms with Gasteiger partial charge in [0.1, 0.15) is 18.7 Å². The predicted molar refractivity (Wildman–Crippen MR) is 130 cm³/mol. The minimum Gasteiger partial charge on any atom is -0.480 e. The van der Waals surface area contributed by atoms with E-state index in [1.54, 1.807) is 13.8 Å². The van der Waals surface area contributed by atoms with E-state index in [-0.39, 0.29) is 19.1 Å². The molecule has 2 aromatic carbocycles. The molecule has 182 valence electrons. The van der Waals surface area contributed by atoms with Crippen LogP contribution in [0.25, 0.3) is 11.1 Å². The van der Waals surface area contributed by atoms with Crippen molar-refractivity contribution >= 4 is 23.7 Å². The van der Waals surface area contributed by atoms with Crippen molar-refractivity contribution < 1.29 is 24.2 Å². The zero-order valence-electron chi connectivity index (χ0n) is 19.7. The number of fused-ring (bicyclic) bond motifs is 3. The lowest BCUT2D eigenvalue weighted by molar-refractivity contribution is -0.137. The van der Waals surface area contributed by atoms with Crippen LogP contribution >= 0.6 is 0 Å². The Bertz CT molecular complexity index is 1200. The van der Waals surface area contributed by atoms with Gasteiger partial charge in [-0.25, -0.2) is 4.79 Å². The van der Waals surface area contributed by atoms with Crippen LogP contribution in [0.4, 0.5) is 10.5 Å². The van der Waals surface area contributed by atoms with Crippen molar-refractivity contribution in [2.45, 2.75) is 44.7 Å². The highest BCUT2D eigenvalue weighted by Gasteiger charge is 2.38. The zero-order valence-corrected chi connectivity index (χ0v) is 19.7. The summed E-state index contributed by atoms with van der Waals surface area (Å²) in [6.07, 6.45) is 2.79. The van der Waals surface area contributed by atoms with Crippen LogP contribution in [0.15, 0.2) is 60.9 Å². The largest absolute Gasteiger partial charge is 0.480 e. The fourth-order valence-electron chi connectivity index (χ4n) is 4.54. The second-order valence-corrected chi connectivity index (χ2v) is 8.51. The van der Waals surface area contributed by atoms with Crippen LogP contribution in [0, 0.1) is 0 Å². The van der Waals surface area contributed by atoms with Crippen LogP contribution in [-0.2, 0) is 20.9 Å². The van der Waals surface area contributed by atoms with Crippen molar-refractivity contribution in [2.75, 3.05) is 11.9 Å². The van der Waals surface area contributed by atoms with Crippen LogP contribution < -0.4 is 10.6 Å². The van der Waals surface area contributed by atoms with E-state index in [2.05, 4.69) is 27.9 Å². The molecule has 0 radical (unpaired) electrons. The van der Waals surface area contributed by atoms with E-state index in [9.17, 15) is 14.4 Å². The number of aromatic nitrogens is 2. The Morgan fingerprint density at radius 2 is 1.63 bits per heavy atom. The number of carboxylic acid groups (broad SMARTS) is 1. The first-order valence-corrected chi connectivity index (χ1v) is 11.6. The molecule has 0 bridgehead atoms. The van der Waals surface area contributed by atoms with Crippen molar-refractivity contribution in [3.05, 3.63) is 72.1 Å². The van der Waals surface area contributed by atoms with Gasteiger partial charge in [-0.05, 0) is 35.1 Å². The number of carbonyl (C=O) groups excluding carboxylic acids is 2. The van der Waals surface area contributed by atoms with Gasteiger partial charge in [0.05, 0.1) is 11.9 Å². The van der Waals surface area contributed by atoms with Gasteiger partial charge in [0, 0.05) is 12.1 Å². The van der Waals surface area contributed by atoms with Gasteiger partial charge in [0.25, 0.3) is 0 Å². The lowest BCUT2D eigenvalue weighted by Gasteiger charge is -2.31. The molecule has 1 aromatic heterocycles. The number of aliphatic carboxylic acids is 1. The molecule has 35 heavy (non-hydrogen) atoms. The van der Waals surface area contributed by atoms with Crippen molar-refractivity contribution in [2.24, 2.45) is 0 Å². The number of alkyl carbamates (subject to hydrolysis) is 1. The molecule has 1 heterocycles. The topological polar surface area (TPSA) is 123 Å². The molecule has 0 spiro atoms. The summed E-state index contributed by atoms with van der Waals surface area (Å²) < 4.78 is 6.84. The monoisotopic (exact) mass is 476 g/mol. The molecule has 0 atom stereocenters. The van der Waals surface area contributed by atoms with Crippen molar-refractivity contribution in [3.8, 4) is 11.1 Å². The molecular weight excluding hydrogens is 448 g/mol. The van der Waals surface area contributed by atoms with Gasteiger partial charge in [-0.1, -0.05) is 62.4 Å². The highest BCUT2D eigenvalue weighted by molar-refractivity contribution is 5.99. The van der Waals surface area contributed by atoms with Crippen LogP contribution in [0.5, 0.6) is 0 Å². The maximum atomic E-state index is 13.1. The van der Waals surface area contributed by atoms with Crippen LogP contribution in [0.3, 0.4) is 0 Å². The minimum atomic E-state index is -1.20. The van der Waals surface area contributed by atoms with E-state index in [1.165, 1.54) is 17.1 Å². The van der Waals surface area contributed by atoms with Gasteiger partial charge < -0.3 is 20.5 Å². The summed E-state index contributed by atoms with van der Waals surface area (Å²) in [5, 5.41) is 18.3. The number of hydrogen-bond acceptors (Lipinski definition) is 5. The van der Waals surface area contributed by atoms with E-state index in [4.69, 9.17) is 9.84 Å². The number of ether oxygens (including phenoxy) is 1. The maximum Gasteiger partial charge on any atom is 0.408 e. The van der Waals surface area contributed by atoms with Crippen molar-refractivity contribution in [1.82, 2.24) is 15.1 Å². The molecule has 2 amide bonds. The number of carbonyl (C=O) groups is 3. The summed E-state index contributed by atoms with van der Waals surface area (Å²) in [5.74, 6) is -1.55. The Labute approximate surface area is 203 Å². The molecule has 0 saturated heterocycles. The number of carboxylic acids is 1. The molecule has 0 fully saturated rings. The third-order valence-corrected chi connectivity index (χ3v) is 6.52. The Hall–Kier alpha value is -4.14. The standard InChI is InChI=1S/C26H28N4O5/c1-3-26(4-2,24(33)28-17-13-27-30(14-17)15-23(31)32)29-25(34)35-16-22-20-11-7-5-9-18(20)19-10-6-8-12-21(19)22/h5-14,22H,3-4,15-16H2,1-2H3,(H,28,33)(H,29,34)(H,31,32). The minimum absolute atomic E-state index is 0.0836. The number of rotatable bonds is 9. The molecule has 0 aliphatic heterocycles. The number of amides is 2. The quantitative estimate of drug-likeness (QED) is 0.429. The average molecular weight is 477 g/mol. The van der Waals surface area contributed by atoms with E-state index in [0.29, 0.717) is 18.5 Å². The summed E-state index contributed by atoms with van der Waals surface area (Å²) in [6, 6.07) is 16.1. The van der Waals surface area contributed by atoms with Crippen molar-refractivity contribution in [3.63, 3.8) is 0 Å². The second kappa shape index (κ2) is 10.0. The predicted octanol–water partition coefficient (Wildman–Crippen LogP) is 4.00. The Kier molecular flexibility index (Phi) is 6.86. The van der Waals surface area contributed by atoms with E-state index in [1.807, 2.05) is 36.4 Å². The van der Waals surface area contributed by atoms with E-state index >= 15 is 0 Å². The number of hydrogen-bond donors (Lipinski definition) is 3. The maximum absolute atomic E-state index is 13.1. The van der Waals surface area contributed by atoms with Gasteiger partial charge in [-0.2, -0.15) is 5.10 Å². The van der Waals surface area contributed by atoms with E-state index in [0.717, 1.165) is 22.3 Å². The normalized spacial score (nSPS) is 12.5. The smallest absolute Gasteiger partial charge is 0.408 e. The van der Waals surface area contributed by atoms with Crippen LogP contribution in [-0.4, -0.2) is 45.0 Å². The second-order valence-electron chi connectivity index (χ2n) is 8.51. The summed E-state index contributed by atoms with van der Waals surface area (Å²) >= 11 is 0. The molecule has 0 saturated carbocycles. The molecule has 1 aliphatic carbocycles. The van der Waals surface area contributed by atoms with Crippen LogP contribution in [0.1, 0.15) is 43.7 Å². The Morgan fingerprint density at radius 3 is 2.20 bits per heavy atom. The summed E-state index contributed by atoms with van der Waals surface area (Å²) in [7, 11) is 0. The molecule has 4 rings (SSSR count). The molecule has 0 unspecified atom stereocenters. The number of nitrogens with zero attached hydrogens (tertiary/aromatic N) is 2. The molecule has 3 aromatic rings. The molecule has 9 heteroatoms. The van der Waals surface area contributed by atoms with Crippen molar-refractivity contribution in [1.29, 1.82) is 0 Å². The fraction of sp³-hybridized carbons (Fsp3) is 0.308. The lowest BCUT2D eigenvalue weighted by atomic mass is 9.91. The number of anilines is 1. The number of benzene rings is 2. The lowest BCUT2D eigenvalue weighted by Crippen LogP contribution is -2.56. The highest BCUT2D eigenvalue weighted by atomic mass is 16.5. The fourth-order valence-corrected chi connectivity index (χ4v) is 4.54. The molecule has 3 N–H and O–H groups in total. The summed E-state index contributed by atoms with van der Waals surface area (Å²) in [4.78, 5) is 36.8. The summed E-state index contributed by atoms with van der Waals surface area (Å²) in [6.45, 7) is 3.44. The van der Waals surface area contributed by atoms with Gasteiger partial charge in [-0.3, -0.25) is 14.3 Å². The molecular formula is C26H28N4O5. The summed E-state index contributed by atoms with van der Waals surface area (Å²) in [5.41, 5.74) is 3.63. The first-order chi connectivity index (χ1) is 16.9. The van der Waals surface area contributed by atoms with Gasteiger partial charge in [0.15, 0.2) is 0 Å². The first-order valence-electron chi connectivity index (χ1n) is 11.6. The van der Waals surface area contributed by atoms with Gasteiger partial charge in [-0.15, -0.1) is 0 Å². The SMILES string of the molecule is CCC(CC)(NC(=O)OCC1c2ccccc2-c2ccccc21)C(=O)Nc1cnn(CC(=O)O)c1. The molecule has 1 aliphatic rings. The molecule has 9 nitrogen and oxygen atoms in total. The van der Waals surface area contributed by atoms with Gasteiger partial charge in [0.2, 0.25) is 5.91 Å². The zero-order chi connectivity index (χ0) is 25.0. The number of nitrogens with one attached hydrogen (secondary N) is 2. The first kappa shape index (κ1) is 24.0. The van der Waals surface area contributed by atoms with Gasteiger partial charge >= 0.3 is 12.1 Å². The average Bonchev–Trinajstić information content (AvgIpc) is 3.42. The third kappa shape index (κ3) is 4.89. The third-order valence-electron chi connectivity index (χ3n) is 6.52. The highest BCUT2D eigenvalue weighted by Crippen LogP contribution is 2.44. The van der Waals surface area contributed by atoms with Crippen LogP contribution in [0.2, 0.25) is 0 Å². The van der Waals surface area contributed by atoms with E-state index < -0.39 is 23.5 Å². The Morgan fingerprint density at radius 1 is 1.03 bits per heavy atom.